The van der Waals surface area contributed by atoms with Gasteiger partial charge >= 0.3 is 0 Å². The van der Waals surface area contributed by atoms with Crippen molar-refractivity contribution in [2.45, 2.75) is 6.42 Å². The van der Waals surface area contributed by atoms with Gasteiger partial charge in [-0.3, -0.25) is 5.10 Å². The number of rotatable bonds is 3. The second kappa shape index (κ2) is 5.15. The zero-order valence-corrected chi connectivity index (χ0v) is 11.6. The van der Waals surface area contributed by atoms with Crippen LogP contribution in [0.2, 0.25) is 10.0 Å². The van der Waals surface area contributed by atoms with E-state index in [9.17, 15) is 0 Å². The van der Waals surface area contributed by atoms with E-state index in [0.29, 0.717) is 39.7 Å². The van der Waals surface area contributed by atoms with Gasteiger partial charge in [-0.05, 0) is 17.7 Å². The van der Waals surface area contributed by atoms with Gasteiger partial charge in [-0.2, -0.15) is 10.1 Å². The number of nitrogens with two attached hydrogens (primary N) is 1. The van der Waals surface area contributed by atoms with Crippen molar-refractivity contribution in [3.8, 4) is 11.6 Å². The highest BCUT2D eigenvalue weighted by atomic mass is 35.5. The zero-order chi connectivity index (χ0) is 14.1. The molecule has 3 rings (SSSR count). The Bertz CT molecular complexity index is 732. The van der Waals surface area contributed by atoms with Crippen LogP contribution >= 0.6 is 23.2 Å². The molecule has 6 nitrogen and oxygen atoms in total. The lowest BCUT2D eigenvalue weighted by atomic mass is 10.1. The highest BCUT2D eigenvalue weighted by molar-refractivity contribution is 6.36. The minimum Gasteiger partial charge on any atom is -0.382 e. The molecule has 0 fully saturated rings. The van der Waals surface area contributed by atoms with Crippen molar-refractivity contribution in [2.24, 2.45) is 0 Å². The monoisotopic (exact) mass is 309 g/mol. The fourth-order valence-corrected chi connectivity index (χ4v) is 2.27. The Kier molecular flexibility index (Phi) is 3.33. The molecular formula is C12H9Cl2N5O. The van der Waals surface area contributed by atoms with Crippen molar-refractivity contribution in [1.82, 2.24) is 20.3 Å². The lowest BCUT2D eigenvalue weighted by Gasteiger charge is -2.02. The summed E-state index contributed by atoms with van der Waals surface area (Å²) in [7, 11) is 0. The molecule has 0 aliphatic carbocycles. The van der Waals surface area contributed by atoms with Crippen LogP contribution in [0.1, 0.15) is 11.4 Å². The first kappa shape index (κ1) is 13.0. The number of benzene rings is 1. The Morgan fingerprint density at radius 1 is 1.25 bits per heavy atom. The maximum absolute atomic E-state index is 6.10. The van der Waals surface area contributed by atoms with E-state index >= 15 is 0 Å². The highest BCUT2D eigenvalue weighted by Gasteiger charge is 2.14. The normalized spacial score (nSPS) is 10.9. The lowest BCUT2D eigenvalue weighted by Crippen LogP contribution is -1.93. The summed E-state index contributed by atoms with van der Waals surface area (Å²) in [5.74, 6) is 1.14. The van der Waals surface area contributed by atoms with Gasteiger partial charge in [-0.15, -0.1) is 0 Å². The standard InChI is InChI=1S/C12H9Cl2N5O/c13-7-2-1-3-8(14)6(7)4-11-16-12(20-19-11)9-5-10(15)18-17-9/h1-3,5H,4H2,(H3,15,17,18). The number of nitrogens with one attached hydrogen (secondary N) is 1. The van der Waals surface area contributed by atoms with E-state index in [0.717, 1.165) is 5.56 Å². The van der Waals surface area contributed by atoms with E-state index in [2.05, 4.69) is 20.3 Å². The molecule has 2 aromatic heterocycles. The van der Waals surface area contributed by atoms with E-state index in [1.165, 1.54) is 0 Å². The fourth-order valence-electron chi connectivity index (χ4n) is 1.74. The zero-order valence-electron chi connectivity index (χ0n) is 10.1. The first-order valence-electron chi connectivity index (χ1n) is 5.70. The van der Waals surface area contributed by atoms with Crippen LogP contribution in [0.25, 0.3) is 11.6 Å². The molecule has 0 spiro atoms. The quantitative estimate of drug-likeness (QED) is 0.775. The average Bonchev–Trinajstić information content (AvgIpc) is 3.03. The van der Waals surface area contributed by atoms with E-state index in [4.69, 9.17) is 33.5 Å². The third-order valence-corrected chi connectivity index (χ3v) is 3.40. The van der Waals surface area contributed by atoms with Gasteiger partial charge in [0.2, 0.25) is 0 Å². The summed E-state index contributed by atoms with van der Waals surface area (Å²) in [5.41, 5.74) is 6.84. The van der Waals surface area contributed by atoms with Gasteiger partial charge in [0.05, 0.1) is 0 Å². The Hall–Kier alpha value is -2.05. The summed E-state index contributed by atoms with van der Waals surface area (Å²) >= 11 is 12.2. The van der Waals surface area contributed by atoms with E-state index in [1.807, 2.05) is 0 Å². The van der Waals surface area contributed by atoms with E-state index in [1.54, 1.807) is 24.3 Å². The topological polar surface area (TPSA) is 93.6 Å². The number of aromatic nitrogens is 4. The van der Waals surface area contributed by atoms with Gasteiger partial charge in [0.25, 0.3) is 5.89 Å². The SMILES string of the molecule is Nc1cc(-c2nc(Cc3c(Cl)cccc3Cl)no2)[nH]n1. The number of hydrogen-bond donors (Lipinski definition) is 2. The van der Waals surface area contributed by atoms with Gasteiger partial charge in [0.1, 0.15) is 11.5 Å². The molecule has 0 saturated carbocycles. The maximum Gasteiger partial charge on any atom is 0.276 e. The summed E-state index contributed by atoms with van der Waals surface area (Å²) in [6.45, 7) is 0. The second-order valence-corrected chi connectivity index (χ2v) is 4.91. The summed E-state index contributed by atoms with van der Waals surface area (Å²) < 4.78 is 5.14. The lowest BCUT2D eigenvalue weighted by molar-refractivity contribution is 0.422. The Labute approximate surface area is 123 Å². The van der Waals surface area contributed by atoms with Crippen LogP contribution in [0.15, 0.2) is 28.8 Å². The minimum atomic E-state index is 0.312. The number of aromatic amines is 1. The van der Waals surface area contributed by atoms with Gasteiger partial charge in [-0.1, -0.05) is 34.4 Å². The molecule has 3 N–H and O–H groups in total. The molecule has 0 aliphatic heterocycles. The van der Waals surface area contributed by atoms with E-state index in [-0.39, 0.29) is 0 Å². The molecule has 0 radical (unpaired) electrons. The molecule has 0 aliphatic rings. The van der Waals surface area contributed by atoms with Gasteiger partial charge in [0, 0.05) is 22.5 Å². The van der Waals surface area contributed by atoms with Crippen molar-refractivity contribution in [3.05, 3.63) is 45.7 Å². The van der Waals surface area contributed by atoms with Crippen molar-refractivity contribution >= 4 is 29.0 Å². The molecule has 0 amide bonds. The van der Waals surface area contributed by atoms with Crippen LogP contribution in [-0.2, 0) is 6.42 Å². The Balaban J connectivity index is 1.88. The molecular weight excluding hydrogens is 301 g/mol. The van der Waals surface area contributed by atoms with Crippen LogP contribution in [0.3, 0.4) is 0 Å². The predicted molar refractivity (Wildman–Crippen MR) is 75.6 cm³/mol. The van der Waals surface area contributed by atoms with Gasteiger partial charge < -0.3 is 10.3 Å². The number of nitrogens with zero attached hydrogens (tertiary/aromatic N) is 3. The molecule has 1 aromatic carbocycles. The molecule has 0 atom stereocenters. The highest BCUT2D eigenvalue weighted by Crippen LogP contribution is 2.26. The van der Waals surface area contributed by atoms with Crippen LogP contribution in [0.5, 0.6) is 0 Å². The fraction of sp³-hybridized carbons (Fsp3) is 0.0833. The summed E-state index contributed by atoms with van der Waals surface area (Å²) in [4.78, 5) is 4.25. The van der Waals surface area contributed by atoms with Crippen molar-refractivity contribution < 1.29 is 4.52 Å². The number of anilines is 1. The molecule has 20 heavy (non-hydrogen) atoms. The van der Waals surface area contributed by atoms with Crippen LogP contribution in [-0.4, -0.2) is 20.3 Å². The van der Waals surface area contributed by atoms with Crippen LogP contribution in [0, 0.1) is 0 Å². The average molecular weight is 310 g/mol. The third kappa shape index (κ3) is 2.48. The largest absolute Gasteiger partial charge is 0.382 e. The van der Waals surface area contributed by atoms with Crippen LogP contribution in [0.4, 0.5) is 5.82 Å². The van der Waals surface area contributed by atoms with Gasteiger partial charge in [0.15, 0.2) is 5.82 Å². The van der Waals surface area contributed by atoms with Gasteiger partial charge in [-0.25, -0.2) is 0 Å². The van der Waals surface area contributed by atoms with Crippen molar-refractivity contribution in [3.63, 3.8) is 0 Å². The predicted octanol–water partition coefficient (Wildman–Crippen LogP) is 2.94. The summed E-state index contributed by atoms with van der Waals surface area (Å²) in [6, 6.07) is 6.92. The smallest absolute Gasteiger partial charge is 0.276 e. The molecule has 0 saturated heterocycles. The van der Waals surface area contributed by atoms with E-state index < -0.39 is 0 Å². The maximum atomic E-state index is 6.10. The van der Waals surface area contributed by atoms with Crippen molar-refractivity contribution in [2.75, 3.05) is 5.73 Å². The molecule has 8 heteroatoms. The summed E-state index contributed by atoms with van der Waals surface area (Å²) in [6.07, 6.45) is 0.381. The Morgan fingerprint density at radius 3 is 2.65 bits per heavy atom. The molecule has 3 aromatic rings. The number of halogens is 2. The first-order chi connectivity index (χ1) is 9.63. The van der Waals surface area contributed by atoms with Crippen LogP contribution < -0.4 is 5.73 Å². The summed E-state index contributed by atoms with van der Waals surface area (Å²) in [5, 5.41) is 11.5. The first-order valence-corrected chi connectivity index (χ1v) is 6.46. The van der Waals surface area contributed by atoms with Crippen molar-refractivity contribution in [1.29, 1.82) is 0 Å². The molecule has 0 bridgehead atoms. The molecule has 102 valence electrons. The third-order valence-electron chi connectivity index (χ3n) is 2.69. The molecule has 2 heterocycles. The second-order valence-electron chi connectivity index (χ2n) is 4.10. The molecule has 0 unspecified atom stereocenters. The Morgan fingerprint density at radius 2 is 2.00 bits per heavy atom. The number of H-pyrrole nitrogens is 1. The number of hydrogen-bond acceptors (Lipinski definition) is 5. The number of nitrogen functional groups attached to an aromatic ring is 1. The minimum absolute atomic E-state index is 0.312.